The van der Waals surface area contributed by atoms with Crippen molar-refractivity contribution in [2.45, 2.75) is 24.8 Å². The lowest BCUT2D eigenvalue weighted by atomic mass is 10.1. The van der Waals surface area contributed by atoms with Gasteiger partial charge < -0.3 is 5.32 Å². The SMILES string of the molecule is Cc1ccccc1Nc1nc([C@@H](C)N2CCN(S(=O)(=O)c3ccc(Br)cc3)CC2)nc2ccccc12. The molecule has 1 aromatic heterocycles. The van der Waals surface area contributed by atoms with E-state index >= 15 is 0 Å². The Morgan fingerprint density at radius 2 is 1.56 bits per heavy atom. The van der Waals surface area contributed by atoms with Gasteiger partial charge in [-0.2, -0.15) is 4.31 Å². The third kappa shape index (κ3) is 5.01. The first kappa shape index (κ1) is 24.8. The molecule has 0 aliphatic carbocycles. The van der Waals surface area contributed by atoms with Crippen LogP contribution < -0.4 is 5.32 Å². The number of benzene rings is 3. The van der Waals surface area contributed by atoms with Crippen LogP contribution in [0.15, 0.2) is 82.2 Å². The van der Waals surface area contributed by atoms with Gasteiger partial charge in [-0.25, -0.2) is 18.4 Å². The molecule has 0 bridgehead atoms. The number of nitrogens with one attached hydrogen (secondary N) is 1. The number of anilines is 2. The van der Waals surface area contributed by atoms with E-state index in [4.69, 9.17) is 9.97 Å². The van der Waals surface area contributed by atoms with E-state index in [9.17, 15) is 8.42 Å². The van der Waals surface area contributed by atoms with E-state index in [0.29, 0.717) is 36.9 Å². The Labute approximate surface area is 220 Å². The highest BCUT2D eigenvalue weighted by Crippen LogP contribution is 2.29. The number of aryl methyl sites for hydroxylation is 1. The third-order valence-corrected chi connectivity index (χ3v) is 9.11. The van der Waals surface area contributed by atoms with Gasteiger partial charge in [-0.05, 0) is 61.9 Å². The van der Waals surface area contributed by atoms with Crippen LogP contribution in [-0.4, -0.2) is 53.8 Å². The highest BCUT2D eigenvalue weighted by molar-refractivity contribution is 9.10. The Morgan fingerprint density at radius 3 is 2.28 bits per heavy atom. The number of para-hydroxylation sites is 2. The smallest absolute Gasteiger partial charge is 0.243 e. The zero-order valence-corrected chi connectivity index (χ0v) is 22.6. The molecule has 0 radical (unpaired) electrons. The quantitative estimate of drug-likeness (QED) is 0.332. The van der Waals surface area contributed by atoms with Crippen LogP contribution >= 0.6 is 15.9 Å². The summed E-state index contributed by atoms with van der Waals surface area (Å²) in [7, 11) is -3.52. The molecular formula is C27H28BrN5O2S. The predicted molar refractivity (Wildman–Crippen MR) is 147 cm³/mol. The summed E-state index contributed by atoms with van der Waals surface area (Å²) in [5, 5.41) is 4.46. The largest absolute Gasteiger partial charge is 0.339 e. The fraction of sp³-hybridized carbons (Fsp3) is 0.259. The molecule has 4 aromatic rings. The van der Waals surface area contributed by atoms with Crippen molar-refractivity contribution >= 4 is 48.4 Å². The van der Waals surface area contributed by atoms with Gasteiger partial charge in [0.05, 0.1) is 16.5 Å². The maximum atomic E-state index is 13.1. The Bertz CT molecular complexity index is 1490. The van der Waals surface area contributed by atoms with E-state index in [1.807, 2.05) is 42.5 Å². The van der Waals surface area contributed by atoms with Gasteiger partial charge in [-0.3, -0.25) is 4.90 Å². The molecule has 0 saturated carbocycles. The second kappa shape index (κ2) is 10.3. The monoisotopic (exact) mass is 565 g/mol. The topological polar surface area (TPSA) is 78.4 Å². The summed E-state index contributed by atoms with van der Waals surface area (Å²) in [4.78, 5) is 12.4. The summed E-state index contributed by atoms with van der Waals surface area (Å²) in [6.45, 7) is 6.20. The van der Waals surface area contributed by atoms with Crippen molar-refractivity contribution in [1.29, 1.82) is 0 Å². The predicted octanol–water partition coefficient (Wildman–Crippen LogP) is 5.51. The van der Waals surface area contributed by atoms with Crippen LogP contribution in [0.25, 0.3) is 10.9 Å². The number of hydrogen-bond donors (Lipinski definition) is 1. The minimum atomic E-state index is -3.52. The molecule has 1 fully saturated rings. The first-order valence-corrected chi connectivity index (χ1v) is 14.2. The fourth-order valence-electron chi connectivity index (χ4n) is 4.47. The van der Waals surface area contributed by atoms with E-state index in [2.05, 4.69) is 46.1 Å². The second-order valence-electron chi connectivity index (χ2n) is 8.96. The first-order chi connectivity index (χ1) is 17.3. The number of sulfonamides is 1. The van der Waals surface area contributed by atoms with E-state index < -0.39 is 10.0 Å². The fourth-order valence-corrected chi connectivity index (χ4v) is 6.15. The average Bonchev–Trinajstić information content (AvgIpc) is 2.90. The van der Waals surface area contributed by atoms with Crippen LogP contribution in [0, 0.1) is 6.92 Å². The molecule has 36 heavy (non-hydrogen) atoms. The minimum Gasteiger partial charge on any atom is -0.339 e. The summed E-state index contributed by atoms with van der Waals surface area (Å²) >= 11 is 3.36. The maximum Gasteiger partial charge on any atom is 0.243 e. The highest BCUT2D eigenvalue weighted by atomic mass is 79.9. The van der Waals surface area contributed by atoms with E-state index in [1.165, 1.54) is 0 Å². The molecule has 1 aliphatic rings. The van der Waals surface area contributed by atoms with E-state index in [1.54, 1.807) is 28.6 Å². The number of piperazine rings is 1. The Morgan fingerprint density at radius 1 is 0.889 bits per heavy atom. The lowest BCUT2D eigenvalue weighted by molar-refractivity contribution is 0.141. The number of hydrogen-bond acceptors (Lipinski definition) is 6. The van der Waals surface area contributed by atoms with Gasteiger partial charge in [0, 0.05) is 41.7 Å². The zero-order chi connectivity index (χ0) is 25.3. The zero-order valence-electron chi connectivity index (χ0n) is 20.2. The van der Waals surface area contributed by atoms with Gasteiger partial charge in [0.2, 0.25) is 10.0 Å². The molecule has 9 heteroatoms. The molecule has 1 aliphatic heterocycles. The molecule has 1 N–H and O–H groups in total. The highest BCUT2D eigenvalue weighted by Gasteiger charge is 2.31. The van der Waals surface area contributed by atoms with Crippen molar-refractivity contribution in [3.8, 4) is 0 Å². The lowest BCUT2D eigenvalue weighted by Crippen LogP contribution is -2.49. The summed E-state index contributed by atoms with van der Waals surface area (Å²) in [6.07, 6.45) is 0. The Kier molecular flexibility index (Phi) is 7.07. The number of fused-ring (bicyclic) bond motifs is 1. The van der Waals surface area contributed by atoms with Crippen LogP contribution in [0.2, 0.25) is 0 Å². The average molecular weight is 567 g/mol. The van der Waals surface area contributed by atoms with Crippen molar-refractivity contribution in [1.82, 2.24) is 19.2 Å². The Balaban J connectivity index is 1.37. The molecule has 5 rings (SSSR count). The van der Waals surface area contributed by atoms with Crippen LogP contribution in [-0.2, 0) is 10.0 Å². The summed E-state index contributed by atoms with van der Waals surface area (Å²) in [5.41, 5.74) is 3.02. The van der Waals surface area contributed by atoms with Gasteiger partial charge in [0.15, 0.2) is 0 Å². The minimum absolute atomic E-state index is 0.0652. The number of aromatic nitrogens is 2. The van der Waals surface area contributed by atoms with Crippen molar-refractivity contribution in [3.05, 3.63) is 88.7 Å². The molecule has 7 nitrogen and oxygen atoms in total. The van der Waals surface area contributed by atoms with Gasteiger partial charge in [-0.1, -0.05) is 46.3 Å². The van der Waals surface area contributed by atoms with Crippen LogP contribution in [0.1, 0.15) is 24.4 Å². The number of halogens is 1. The van der Waals surface area contributed by atoms with Crippen LogP contribution in [0.3, 0.4) is 0 Å². The lowest BCUT2D eigenvalue weighted by Gasteiger charge is -2.36. The third-order valence-electron chi connectivity index (χ3n) is 6.66. The van der Waals surface area contributed by atoms with Crippen molar-refractivity contribution in [3.63, 3.8) is 0 Å². The normalized spacial score (nSPS) is 16.2. The van der Waals surface area contributed by atoms with Gasteiger partial charge in [0.1, 0.15) is 11.6 Å². The molecule has 1 saturated heterocycles. The van der Waals surface area contributed by atoms with Crippen LogP contribution in [0.4, 0.5) is 11.5 Å². The first-order valence-electron chi connectivity index (χ1n) is 11.9. The standard InChI is InChI=1S/C27H28BrN5O2S/c1-19-7-3-5-9-24(19)29-27-23-8-4-6-10-25(23)30-26(31-27)20(2)32-15-17-33(18-16-32)36(34,35)22-13-11-21(28)12-14-22/h3-14,20H,15-18H2,1-2H3,(H,29,30,31)/t20-/m1/s1. The van der Waals surface area contributed by atoms with Crippen molar-refractivity contribution < 1.29 is 8.42 Å². The molecular weight excluding hydrogens is 538 g/mol. The Hall–Kier alpha value is -2.85. The van der Waals surface area contributed by atoms with Gasteiger partial charge >= 0.3 is 0 Å². The van der Waals surface area contributed by atoms with Crippen molar-refractivity contribution in [2.75, 3.05) is 31.5 Å². The summed E-state index contributed by atoms with van der Waals surface area (Å²) in [6, 6.07) is 22.8. The van der Waals surface area contributed by atoms with Crippen LogP contribution in [0.5, 0.6) is 0 Å². The molecule has 2 heterocycles. The molecule has 1 atom stereocenters. The molecule has 3 aromatic carbocycles. The van der Waals surface area contributed by atoms with E-state index in [0.717, 1.165) is 32.4 Å². The van der Waals surface area contributed by atoms with Gasteiger partial charge in [-0.15, -0.1) is 0 Å². The van der Waals surface area contributed by atoms with E-state index in [-0.39, 0.29) is 6.04 Å². The number of nitrogens with zero attached hydrogens (tertiary/aromatic N) is 4. The van der Waals surface area contributed by atoms with Crippen molar-refractivity contribution in [2.24, 2.45) is 0 Å². The maximum absolute atomic E-state index is 13.1. The summed E-state index contributed by atoms with van der Waals surface area (Å²) in [5.74, 6) is 1.49. The second-order valence-corrected chi connectivity index (χ2v) is 11.8. The molecule has 0 spiro atoms. The molecule has 0 unspecified atom stereocenters. The number of rotatable bonds is 6. The summed E-state index contributed by atoms with van der Waals surface area (Å²) < 4.78 is 28.6. The molecule has 186 valence electrons. The van der Waals surface area contributed by atoms with Gasteiger partial charge in [0.25, 0.3) is 0 Å². The molecule has 0 amide bonds.